The van der Waals surface area contributed by atoms with Crippen molar-refractivity contribution in [1.82, 2.24) is 0 Å². The van der Waals surface area contributed by atoms with Crippen LogP contribution < -0.4 is 0 Å². The number of nitrogens with zero attached hydrogens (tertiary/aromatic N) is 1. The number of unbranched alkanes of at least 4 members (excludes halogenated alkanes) is 1. The van der Waals surface area contributed by atoms with Gasteiger partial charge in [-0.2, -0.15) is 0 Å². The molecule has 0 radical (unpaired) electrons. The van der Waals surface area contributed by atoms with Crippen LogP contribution in [0.2, 0.25) is 0 Å². The van der Waals surface area contributed by atoms with Crippen LogP contribution in [-0.2, 0) is 24.4 Å². The third-order valence-electron chi connectivity index (χ3n) is 4.14. The largest absolute Gasteiger partial charge is 0.748 e. The van der Waals surface area contributed by atoms with Crippen molar-refractivity contribution in [2.75, 3.05) is 51.8 Å². The van der Waals surface area contributed by atoms with Crippen LogP contribution >= 0.6 is 0 Å². The number of ether oxygens (including phenoxy) is 2. The molecule has 0 N–H and O–H groups in total. The van der Waals surface area contributed by atoms with Crippen LogP contribution in [0.25, 0.3) is 0 Å². The quantitative estimate of drug-likeness (QED) is 0.151. The van der Waals surface area contributed by atoms with Gasteiger partial charge in [0, 0.05) is 11.3 Å². The number of carbonyl (C=O) groups is 1. The Balaban J connectivity index is 4.05. The minimum atomic E-state index is -4.13. The van der Waals surface area contributed by atoms with E-state index in [0.29, 0.717) is 31.6 Å². The second-order valence-corrected chi connectivity index (χ2v) is 7.44. The van der Waals surface area contributed by atoms with E-state index in [9.17, 15) is 17.8 Å². The fourth-order valence-electron chi connectivity index (χ4n) is 2.37. The number of carbonyl (C=O) groups excluding carboxylic acids is 1. The van der Waals surface area contributed by atoms with Crippen molar-refractivity contribution in [1.29, 1.82) is 0 Å². The van der Waals surface area contributed by atoms with E-state index in [1.165, 1.54) is 0 Å². The number of likely N-dealkylation sites (N-methyl/N-ethyl adjacent to an activating group) is 1. The summed E-state index contributed by atoms with van der Waals surface area (Å²) in [5.41, 5.74) is 0.364. The molecule has 0 saturated carbocycles. The number of hydrogen-bond acceptors (Lipinski definition) is 6. The van der Waals surface area contributed by atoms with Gasteiger partial charge in [0.05, 0.1) is 43.0 Å². The van der Waals surface area contributed by atoms with E-state index >= 15 is 0 Å². The standard InChI is InChI=1S/C16H31NO6S/c1-5-17(6-2,9-7-8-14-24(19,20)21)10-11-22-12-13-23-16(18)15(3)4/h3,5-14H2,1-2,4H3. The Morgan fingerprint density at radius 2 is 1.71 bits per heavy atom. The molecule has 0 aromatic rings. The summed E-state index contributed by atoms with van der Waals surface area (Å²) in [5.74, 6) is -0.718. The molecule has 0 bridgehead atoms. The van der Waals surface area contributed by atoms with Gasteiger partial charge in [0.25, 0.3) is 0 Å². The van der Waals surface area contributed by atoms with E-state index in [1.807, 2.05) is 0 Å². The molecule has 0 fully saturated rings. The summed E-state index contributed by atoms with van der Waals surface area (Å²) >= 11 is 0. The summed E-state index contributed by atoms with van der Waals surface area (Å²) in [5, 5.41) is 0. The molecule has 0 aliphatic rings. The summed E-state index contributed by atoms with van der Waals surface area (Å²) in [6.45, 7) is 13.8. The molecule has 0 amide bonds. The second-order valence-electron chi connectivity index (χ2n) is 5.92. The summed E-state index contributed by atoms with van der Waals surface area (Å²) in [6.07, 6.45) is 1.09. The molecular formula is C16H31NO6S. The van der Waals surface area contributed by atoms with E-state index in [2.05, 4.69) is 20.4 Å². The number of hydrogen-bond donors (Lipinski definition) is 0. The van der Waals surface area contributed by atoms with Gasteiger partial charge < -0.3 is 18.5 Å². The lowest BCUT2D eigenvalue weighted by atomic mass is 10.2. The maximum Gasteiger partial charge on any atom is 0.333 e. The van der Waals surface area contributed by atoms with Crippen molar-refractivity contribution in [3.05, 3.63) is 12.2 Å². The molecule has 0 heterocycles. The molecular weight excluding hydrogens is 334 g/mol. The van der Waals surface area contributed by atoms with Gasteiger partial charge in [0.15, 0.2) is 0 Å². The van der Waals surface area contributed by atoms with E-state index in [4.69, 9.17) is 9.47 Å². The van der Waals surface area contributed by atoms with Crippen LogP contribution in [0, 0.1) is 0 Å². The molecule has 24 heavy (non-hydrogen) atoms. The zero-order chi connectivity index (χ0) is 18.6. The molecule has 0 aliphatic carbocycles. The summed E-state index contributed by atoms with van der Waals surface area (Å²) in [6, 6.07) is 0. The van der Waals surface area contributed by atoms with E-state index in [-0.39, 0.29) is 12.4 Å². The molecule has 0 aromatic heterocycles. The van der Waals surface area contributed by atoms with Gasteiger partial charge >= 0.3 is 5.97 Å². The highest BCUT2D eigenvalue weighted by atomic mass is 32.2. The predicted octanol–water partition coefficient (Wildman–Crippen LogP) is 1.30. The van der Waals surface area contributed by atoms with Gasteiger partial charge in [-0.25, -0.2) is 13.2 Å². The smallest absolute Gasteiger partial charge is 0.333 e. The Hall–Kier alpha value is -0.960. The van der Waals surface area contributed by atoms with Crippen LogP contribution in [0.5, 0.6) is 0 Å². The van der Waals surface area contributed by atoms with Crippen LogP contribution in [0.1, 0.15) is 33.6 Å². The van der Waals surface area contributed by atoms with Crippen molar-refractivity contribution in [3.63, 3.8) is 0 Å². The highest BCUT2D eigenvalue weighted by Gasteiger charge is 2.22. The predicted molar refractivity (Wildman–Crippen MR) is 91.5 cm³/mol. The van der Waals surface area contributed by atoms with Crippen LogP contribution in [0.3, 0.4) is 0 Å². The van der Waals surface area contributed by atoms with Gasteiger partial charge in [0.2, 0.25) is 0 Å². The van der Waals surface area contributed by atoms with Crippen molar-refractivity contribution < 1.29 is 31.7 Å². The zero-order valence-electron chi connectivity index (χ0n) is 15.1. The third kappa shape index (κ3) is 10.7. The third-order valence-corrected chi connectivity index (χ3v) is 4.93. The van der Waals surface area contributed by atoms with Crippen LogP contribution in [0.4, 0.5) is 0 Å². The molecule has 0 aliphatic heterocycles. The monoisotopic (exact) mass is 365 g/mol. The highest BCUT2D eigenvalue weighted by molar-refractivity contribution is 7.85. The molecule has 142 valence electrons. The summed E-state index contributed by atoms with van der Waals surface area (Å²) in [4.78, 5) is 11.2. The van der Waals surface area contributed by atoms with Crippen molar-refractivity contribution in [3.8, 4) is 0 Å². The van der Waals surface area contributed by atoms with Crippen molar-refractivity contribution in [2.45, 2.75) is 33.6 Å². The molecule has 0 aromatic carbocycles. The van der Waals surface area contributed by atoms with E-state index in [0.717, 1.165) is 30.7 Å². The zero-order valence-corrected chi connectivity index (χ0v) is 15.9. The number of esters is 1. The number of rotatable bonds is 14. The maximum atomic E-state index is 11.2. The SMILES string of the molecule is C=C(C)C(=O)OCCOCC[N+](CC)(CC)CCCCS(=O)(=O)[O-]. The minimum absolute atomic E-state index is 0.200. The lowest BCUT2D eigenvalue weighted by Gasteiger charge is -2.37. The molecule has 0 atom stereocenters. The lowest BCUT2D eigenvalue weighted by Crippen LogP contribution is -2.50. The average molecular weight is 365 g/mol. The highest BCUT2D eigenvalue weighted by Crippen LogP contribution is 2.10. The first-order valence-corrected chi connectivity index (χ1v) is 9.92. The summed E-state index contributed by atoms with van der Waals surface area (Å²) < 4.78 is 43.2. The van der Waals surface area contributed by atoms with Crippen molar-refractivity contribution in [2.24, 2.45) is 0 Å². The van der Waals surface area contributed by atoms with E-state index in [1.54, 1.807) is 6.92 Å². The average Bonchev–Trinajstić information content (AvgIpc) is 2.51. The van der Waals surface area contributed by atoms with E-state index < -0.39 is 16.1 Å². The first-order valence-electron chi connectivity index (χ1n) is 8.35. The van der Waals surface area contributed by atoms with Gasteiger partial charge in [-0.15, -0.1) is 0 Å². The molecule has 0 rings (SSSR count). The molecule has 0 saturated heterocycles. The lowest BCUT2D eigenvalue weighted by molar-refractivity contribution is -0.925. The van der Waals surface area contributed by atoms with Gasteiger partial charge in [-0.3, -0.25) is 0 Å². The maximum absolute atomic E-state index is 11.2. The van der Waals surface area contributed by atoms with Crippen LogP contribution in [0.15, 0.2) is 12.2 Å². The van der Waals surface area contributed by atoms with Gasteiger partial charge in [-0.1, -0.05) is 6.58 Å². The van der Waals surface area contributed by atoms with Gasteiger partial charge in [0.1, 0.15) is 13.2 Å². The Kier molecular flexibility index (Phi) is 11.1. The van der Waals surface area contributed by atoms with Crippen LogP contribution in [-0.4, -0.2) is 75.2 Å². The Labute approximate surface area is 146 Å². The van der Waals surface area contributed by atoms with Gasteiger partial charge in [-0.05, 0) is 33.6 Å². The fraction of sp³-hybridized carbons (Fsp3) is 0.812. The molecule has 0 unspecified atom stereocenters. The molecule has 0 spiro atoms. The first kappa shape index (κ1) is 23.0. The first-order chi connectivity index (χ1) is 11.2. The molecule has 7 nitrogen and oxygen atoms in total. The Morgan fingerprint density at radius 3 is 2.21 bits per heavy atom. The minimum Gasteiger partial charge on any atom is -0.748 e. The van der Waals surface area contributed by atoms with Crippen molar-refractivity contribution >= 4 is 16.1 Å². The topological polar surface area (TPSA) is 92.7 Å². The normalized spacial score (nSPS) is 12.2. The Morgan fingerprint density at radius 1 is 1.08 bits per heavy atom. The molecule has 8 heteroatoms. The summed E-state index contributed by atoms with van der Waals surface area (Å²) in [7, 11) is -4.13. The number of quaternary nitrogens is 1. The Bertz CT molecular complexity index is 485. The fourth-order valence-corrected chi connectivity index (χ4v) is 2.93. The second kappa shape index (κ2) is 11.6.